The van der Waals surface area contributed by atoms with Gasteiger partial charge in [-0.1, -0.05) is 0 Å². The van der Waals surface area contributed by atoms with E-state index in [4.69, 9.17) is 4.74 Å². The molecule has 1 aliphatic rings. The first kappa shape index (κ1) is 15.0. The first-order valence-electron chi connectivity index (χ1n) is 6.25. The molecule has 0 saturated carbocycles. The summed E-state index contributed by atoms with van der Waals surface area (Å²) in [6.07, 6.45) is -2.88. The normalized spacial score (nSPS) is 23.1. The quantitative estimate of drug-likeness (QED) is 0.868. The van der Waals surface area contributed by atoms with Crippen LogP contribution in [0.4, 0.5) is 19.1 Å². The predicted molar refractivity (Wildman–Crippen MR) is 67.3 cm³/mol. The van der Waals surface area contributed by atoms with Crippen molar-refractivity contribution in [1.82, 2.24) is 15.3 Å². The fraction of sp³-hybridized carbons (Fsp3) is 0.667. The third-order valence-electron chi connectivity index (χ3n) is 2.92. The molecule has 112 valence electrons. The summed E-state index contributed by atoms with van der Waals surface area (Å²) in [4.78, 5) is 7.36. The average molecular weight is 290 g/mol. The van der Waals surface area contributed by atoms with Crippen LogP contribution < -0.4 is 10.6 Å². The zero-order chi connectivity index (χ0) is 14.8. The lowest BCUT2D eigenvalue weighted by atomic mass is 10.1. The molecule has 1 saturated heterocycles. The zero-order valence-electron chi connectivity index (χ0n) is 11.3. The lowest BCUT2D eigenvalue weighted by Crippen LogP contribution is -2.45. The van der Waals surface area contributed by atoms with Crippen molar-refractivity contribution in [3.05, 3.63) is 18.0 Å². The highest BCUT2D eigenvalue weighted by atomic mass is 19.4. The molecule has 1 aromatic heterocycles. The summed E-state index contributed by atoms with van der Waals surface area (Å²) in [5.74, 6) is 0.160. The van der Waals surface area contributed by atoms with E-state index in [9.17, 15) is 13.2 Å². The summed E-state index contributed by atoms with van der Waals surface area (Å²) >= 11 is 0. The Labute approximate surface area is 114 Å². The van der Waals surface area contributed by atoms with Gasteiger partial charge in [0.05, 0.1) is 24.8 Å². The van der Waals surface area contributed by atoms with E-state index in [0.717, 1.165) is 12.4 Å². The summed E-state index contributed by atoms with van der Waals surface area (Å²) in [6.45, 7) is 5.67. The molecule has 0 bridgehead atoms. The van der Waals surface area contributed by atoms with Gasteiger partial charge in [-0.25, -0.2) is 9.97 Å². The van der Waals surface area contributed by atoms with Gasteiger partial charge in [0.1, 0.15) is 0 Å². The van der Waals surface area contributed by atoms with Crippen molar-refractivity contribution in [1.29, 1.82) is 0 Å². The zero-order valence-corrected chi connectivity index (χ0v) is 11.3. The molecule has 0 radical (unpaired) electrons. The number of anilines is 1. The van der Waals surface area contributed by atoms with Gasteiger partial charge >= 0.3 is 6.18 Å². The lowest BCUT2D eigenvalue weighted by Gasteiger charge is -2.23. The molecule has 1 atom stereocenters. The van der Waals surface area contributed by atoms with Crippen LogP contribution in [0.2, 0.25) is 0 Å². The van der Waals surface area contributed by atoms with Gasteiger partial charge in [0.25, 0.3) is 0 Å². The van der Waals surface area contributed by atoms with Crippen LogP contribution in [0, 0.1) is 0 Å². The molecule has 1 aromatic rings. The Balaban J connectivity index is 1.96. The topological polar surface area (TPSA) is 59.1 Å². The number of nitrogens with one attached hydrogen (secondary N) is 2. The minimum atomic E-state index is -4.42. The Bertz CT molecular complexity index is 447. The van der Waals surface area contributed by atoms with Crippen molar-refractivity contribution in [3.8, 4) is 0 Å². The van der Waals surface area contributed by atoms with E-state index in [1.54, 1.807) is 0 Å². The largest absolute Gasteiger partial charge is 0.419 e. The third kappa shape index (κ3) is 4.04. The highest BCUT2D eigenvalue weighted by molar-refractivity contribution is 5.27. The van der Waals surface area contributed by atoms with Gasteiger partial charge in [-0.2, -0.15) is 13.2 Å². The number of hydrogen-bond donors (Lipinski definition) is 2. The Morgan fingerprint density at radius 1 is 1.35 bits per heavy atom. The van der Waals surface area contributed by atoms with Gasteiger partial charge in [-0.3, -0.25) is 0 Å². The second kappa shape index (κ2) is 5.53. The van der Waals surface area contributed by atoms with E-state index >= 15 is 0 Å². The van der Waals surface area contributed by atoms with Crippen LogP contribution in [-0.4, -0.2) is 41.3 Å². The summed E-state index contributed by atoms with van der Waals surface area (Å²) in [5.41, 5.74) is -0.989. The Morgan fingerprint density at radius 2 is 2.00 bits per heavy atom. The van der Waals surface area contributed by atoms with Crippen molar-refractivity contribution in [3.63, 3.8) is 0 Å². The summed E-state index contributed by atoms with van der Waals surface area (Å²) < 4.78 is 42.7. The molecule has 20 heavy (non-hydrogen) atoms. The van der Waals surface area contributed by atoms with E-state index in [1.165, 1.54) is 0 Å². The van der Waals surface area contributed by atoms with E-state index in [0.29, 0.717) is 19.8 Å². The smallest absolute Gasteiger partial charge is 0.377 e. The van der Waals surface area contributed by atoms with Crippen molar-refractivity contribution in [2.45, 2.75) is 31.6 Å². The van der Waals surface area contributed by atoms with Gasteiger partial charge in [0.2, 0.25) is 5.95 Å². The van der Waals surface area contributed by atoms with Crippen LogP contribution in [0.5, 0.6) is 0 Å². The maximum Gasteiger partial charge on any atom is 0.419 e. The molecule has 1 fully saturated rings. The van der Waals surface area contributed by atoms with Crippen LogP contribution in [0.25, 0.3) is 0 Å². The standard InChI is InChI=1S/C12H17F3N4O/c1-11(2)7-20-6-9(5-18-11)19-10-16-3-8(4-17-10)12(13,14)15/h3-4,9,18H,5-7H2,1-2H3,(H,16,17,19). The monoisotopic (exact) mass is 290 g/mol. The summed E-state index contributed by atoms with van der Waals surface area (Å²) in [6, 6.07) is -0.0893. The number of alkyl halides is 3. The highest BCUT2D eigenvalue weighted by Gasteiger charge is 2.31. The van der Waals surface area contributed by atoms with E-state index in [-0.39, 0.29) is 17.5 Å². The van der Waals surface area contributed by atoms with Gasteiger partial charge in [-0.15, -0.1) is 0 Å². The molecular weight excluding hydrogens is 273 g/mol. The second-order valence-electron chi connectivity index (χ2n) is 5.41. The van der Waals surface area contributed by atoms with Gasteiger partial charge in [0.15, 0.2) is 0 Å². The fourth-order valence-corrected chi connectivity index (χ4v) is 1.79. The number of nitrogens with zero attached hydrogens (tertiary/aromatic N) is 2. The third-order valence-corrected chi connectivity index (χ3v) is 2.92. The predicted octanol–water partition coefficient (Wildman–Crippen LogP) is 1.67. The Morgan fingerprint density at radius 3 is 2.60 bits per heavy atom. The van der Waals surface area contributed by atoms with Crippen LogP contribution in [-0.2, 0) is 10.9 Å². The van der Waals surface area contributed by atoms with Gasteiger partial charge < -0.3 is 15.4 Å². The van der Waals surface area contributed by atoms with E-state index < -0.39 is 11.7 Å². The van der Waals surface area contributed by atoms with Crippen LogP contribution in [0.3, 0.4) is 0 Å². The van der Waals surface area contributed by atoms with Crippen LogP contribution in [0.1, 0.15) is 19.4 Å². The lowest BCUT2D eigenvalue weighted by molar-refractivity contribution is -0.138. The maximum absolute atomic E-state index is 12.4. The minimum absolute atomic E-state index is 0.0893. The summed E-state index contributed by atoms with van der Waals surface area (Å²) in [7, 11) is 0. The number of halogens is 3. The molecule has 0 aromatic carbocycles. The highest BCUT2D eigenvalue weighted by Crippen LogP contribution is 2.28. The van der Waals surface area contributed by atoms with Crippen molar-refractivity contribution >= 4 is 5.95 Å². The molecule has 2 N–H and O–H groups in total. The Kier molecular flexibility index (Phi) is 4.14. The second-order valence-corrected chi connectivity index (χ2v) is 5.41. The molecule has 8 heteroatoms. The molecular formula is C12H17F3N4O. The van der Waals surface area contributed by atoms with Crippen LogP contribution in [0.15, 0.2) is 12.4 Å². The molecule has 0 aliphatic carbocycles. The number of ether oxygens (including phenoxy) is 1. The number of rotatable bonds is 2. The maximum atomic E-state index is 12.4. The molecule has 5 nitrogen and oxygen atoms in total. The van der Waals surface area contributed by atoms with Gasteiger partial charge in [-0.05, 0) is 13.8 Å². The molecule has 2 heterocycles. The molecule has 0 spiro atoms. The first-order valence-corrected chi connectivity index (χ1v) is 6.25. The van der Waals surface area contributed by atoms with Crippen molar-refractivity contribution in [2.75, 3.05) is 25.1 Å². The van der Waals surface area contributed by atoms with Crippen molar-refractivity contribution < 1.29 is 17.9 Å². The molecule has 0 amide bonds. The van der Waals surface area contributed by atoms with Gasteiger partial charge in [0, 0.05) is 24.5 Å². The van der Waals surface area contributed by atoms with Crippen LogP contribution >= 0.6 is 0 Å². The molecule has 2 rings (SSSR count). The average Bonchev–Trinajstić information content (AvgIpc) is 2.51. The van der Waals surface area contributed by atoms with E-state index in [1.807, 2.05) is 13.8 Å². The molecule has 1 aliphatic heterocycles. The Hall–Kier alpha value is -1.41. The first-order chi connectivity index (χ1) is 9.26. The van der Waals surface area contributed by atoms with E-state index in [2.05, 4.69) is 20.6 Å². The molecule has 1 unspecified atom stereocenters. The number of hydrogen-bond acceptors (Lipinski definition) is 5. The SMILES string of the molecule is CC1(C)COCC(Nc2ncc(C(F)(F)F)cn2)CN1. The summed E-state index contributed by atoms with van der Waals surface area (Å²) in [5, 5.41) is 6.26. The minimum Gasteiger partial charge on any atom is -0.377 e. The van der Waals surface area contributed by atoms with Crippen molar-refractivity contribution in [2.24, 2.45) is 0 Å². The number of aromatic nitrogens is 2. The fourth-order valence-electron chi connectivity index (χ4n) is 1.79.